The first-order valence-electron chi connectivity index (χ1n) is 10.4. The van der Waals surface area contributed by atoms with Gasteiger partial charge >= 0.3 is 5.97 Å². The molecule has 7 heteroatoms. The molecule has 0 aliphatic carbocycles. The maximum Gasteiger partial charge on any atom is 0.343 e. The Morgan fingerprint density at radius 3 is 2.28 bits per heavy atom. The van der Waals surface area contributed by atoms with Crippen molar-refractivity contribution in [2.75, 3.05) is 0 Å². The van der Waals surface area contributed by atoms with Gasteiger partial charge in [0, 0.05) is 27.6 Å². The quantitative estimate of drug-likeness (QED) is 0.671. The zero-order valence-electron chi connectivity index (χ0n) is 19.2. The Kier molecular flexibility index (Phi) is 6.47. The highest BCUT2D eigenvalue weighted by Gasteiger charge is 2.45. The minimum atomic E-state index is -1.46. The number of esters is 1. The lowest BCUT2D eigenvalue weighted by molar-refractivity contribution is -0.159. The van der Waals surface area contributed by atoms with Crippen molar-refractivity contribution in [1.29, 1.82) is 0 Å². The molecule has 0 saturated carbocycles. The van der Waals surface area contributed by atoms with Gasteiger partial charge in [-0.3, -0.25) is 9.79 Å². The third kappa shape index (κ3) is 5.00. The van der Waals surface area contributed by atoms with E-state index in [1.165, 1.54) is 0 Å². The van der Waals surface area contributed by atoms with Crippen molar-refractivity contribution in [3.8, 4) is 0 Å². The number of nitrogens with one attached hydrogen (secondary N) is 1. The van der Waals surface area contributed by atoms with Crippen LogP contribution in [0.5, 0.6) is 0 Å². The molecule has 1 N–H and O–H groups in total. The number of rotatable bonds is 4. The van der Waals surface area contributed by atoms with Crippen LogP contribution in [0.4, 0.5) is 0 Å². The van der Waals surface area contributed by atoms with Crippen molar-refractivity contribution < 1.29 is 14.3 Å². The molecule has 0 bridgehead atoms. The largest absolute Gasteiger partial charge is 0.458 e. The van der Waals surface area contributed by atoms with Crippen LogP contribution in [0, 0.1) is 5.41 Å². The molecule has 3 rings (SSSR count). The summed E-state index contributed by atoms with van der Waals surface area (Å²) in [6.07, 6.45) is 1.77. The maximum atomic E-state index is 13.5. The topological polar surface area (TPSA) is 67.8 Å². The van der Waals surface area contributed by atoms with Crippen molar-refractivity contribution in [2.45, 2.75) is 59.2 Å². The molecule has 1 amide bonds. The first-order valence-corrected chi connectivity index (χ1v) is 11.2. The number of ether oxygens (including phenoxy) is 1. The average molecular weight is 475 g/mol. The Morgan fingerprint density at radius 2 is 1.69 bits per heavy atom. The van der Waals surface area contributed by atoms with E-state index in [1.807, 2.05) is 45.0 Å². The molecule has 0 saturated heterocycles. The minimum absolute atomic E-state index is 0.114. The van der Waals surface area contributed by atoms with Crippen molar-refractivity contribution in [3.63, 3.8) is 0 Å². The number of amides is 1. The van der Waals surface area contributed by atoms with Gasteiger partial charge in [-0.15, -0.1) is 0 Å². The van der Waals surface area contributed by atoms with Gasteiger partial charge in [-0.05, 0) is 55.8 Å². The van der Waals surface area contributed by atoms with Gasteiger partial charge in [0.2, 0.25) is 11.4 Å². The van der Waals surface area contributed by atoms with E-state index in [0.717, 1.165) is 5.22 Å². The summed E-state index contributed by atoms with van der Waals surface area (Å²) in [4.78, 5) is 30.6. The van der Waals surface area contributed by atoms with Crippen molar-refractivity contribution >= 4 is 41.2 Å². The van der Waals surface area contributed by atoms with E-state index in [-0.39, 0.29) is 12.5 Å². The van der Waals surface area contributed by atoms with Gasteiger partial charge in [0.25, 0.3) is 0 Å². The number of fused-ring (bicyclic) bond motifs is 1. The second-order valence-corrected chi connectivity index (χ2v) is 10.8. The van der Waals surface area contributed by atoms with Crippen LogP contribution in [-0.2, 0) is 26.4 Å². The van der Waals surface area contributed by atoms with Crippen LogP contribution >= 0.6 is 23.2 Å². The summed E-state index contributed by atoms with van der Waals surface area (Å²) in [5.41, 5.74) is -1.64. The van der Waals surface area contributed by atoms with Crippen LogP contribution in [0.25, 0.3) is 6.08 Å². The molecule has 1 aliphatic heterocycles. The number of nitrogens with zero attached hydrogens (tertiary/aromatic N) is 1. The molecular weight excluding hydrogens is 447 g/mol. The molecule has 1 unspecified atom stereocenters. The molecule has 2 aromatic carbocycles. The first kappa shape index (κ1) is 24.3. The number of hydrogen-bond acceptors (Lipinski definition) is 4. The van der Waals surface area contributed by atoms with Crippen molar-refractivity contribution in [2.24, 2.45) is 10.4 Å². The third-order valence-electron chi connectivity index (χ3n) is 4.98. The molecule has 170 valence electrons. The second kappa shape index (κ2) is 8.53. The number of carbonyl (C=O) groups excluding carboxylic acids is 2. The lowest BCUT2D eigenvalue weighted by Crippen LogP contribution is -2.38. The molecule has 1 heterocycles. The summed E-state index contributed by atoms with van der Waals surface area (Å²) in [6.45, 7) is 11.1. The zero-order valence-corrected chi connectivity index (χ0v) is 20.7. The Balaban J connectivity index is 2.13. The predicted molar refractivity (Wildman–Crippen MR) is 127 cm³/mol. The summed E-state index contributed by atoms with van der Waals surface area (Å²) in [7, 11) is 0. The first-order chi connectivity index (χ1) is 14.7. The van der Waals surface area contributed by atoms with Crippen LogP contribution < -0.4 is 15.9 Å². The van der Waals surface area contributed by atoms with Gasteiger partial charge in [0.05, 0.1) is 5.36 Å². The van der Waals surface area contributed by atoms with E-state index in [4.69, 9.17) is 32.9 Å². The monoisotopic (exact) mass is 474 g/mol. The van der Waals surface area contributed by atoms with Crippen LogP contribution in [0.1, 0.15) is 52.7 Å². The molecule has 0 radical (unpaired) electrons. The highest BCUT2D eigenvalue weighted by molar-refractivity contribution is 6.36. The van der Waals surface area contributed by atoms with E-state index >= 15 is 0 Å². The standard InChI is InChI=1S/C25H28Cl2N2O3/c1-23(2,3)21(30)28-14-16-11-17(19(27)12-18(16)26)25(22(31)32-24(4,5)6)13-15-9-7-8-10-20(15)29-25/h7-13H,14H2,1-6H3,(H,28,30). The van der Waals surface area contributed by atoms with Crippen LogP contribution in [0.2, 0.25) is 10.0 Å². The Morgan fingerprint density at radius 1 is 1.03 bits per heavy atom. The number of para-hydroxylation sites is 1. The molecule has 1 aliphatic rings. The van der Waals surface area contributed by atoms with Gasteiger partial charge in [0.15, 0.2) is 0 Å². The highest BCUT2D eigenvalue weighted by atomic mass is 35.5. The molecule has 0 fully saturated rings. The molecule has 32 heavy (non-hydrogen) atoms. The lowest BCUT2D eigenvalue weighted by Gasteiger charge is -2.29. The van der Waals surface area contributed by atoms with Gasteiger partial charge in [-0.2, -0.15) is 0 Å². The summed E-state index contributed by atoms with van der Waals surface area (Å²) in [5.74, 6) is -0.647. The van der Waals surface area contributed by atoms with Crippen LogP contribution in [-0.4, -0.2) is 17.5 Å². The van der Waals surface area contributed by atoms with Crippen LogP contribution in [0.15, 0.2) is 41.4 Å². The Bertz CT molecular complexity index is 1160. The minimum Gasteiger partial charge on any atom is -0.458 e. The van der Waals surface area contributed by atoms with Gasteiger partial charge in [0.1, 0.15) is 5.60 Å². The average Bonchev–Trinajstić information content (AvgIpc) is 3.05. The van der Waals surface area contributed by atoms with Gasteiger partial charge < -0.3 is 10.1 Å². The molecule has 0 aromatic heterocycles. The number of hydrogen-bond donors (Lipinski definition) is 1. The molecule has 5 nitrogen and oxygen atoms in total. The molecular formula is C25H28Cl2N2O3. The Labute approximate surface area is 198 Å². The summed E-state index contributed by atoms with van der Waals surface area (Å²) >= 11 is 13.0. The lowest BCUT2D eigenvalue weighted by atomic mass is 9.88. The second-order valence-electron chi connectivity index (χ2n) is 9.94. The Hall–Kier alpha value is -2.37. The van der Waals surface area contributed by atoms with Crippen LogP contribution in [0.3, 0.4) is 0 Å². The number of benzene rings is 2. The molecule has 1 atom stereocenters. The molecule has 2 aromatic rings. The van der Waals surface area contributed by atoms with E-state index in [2.05, 4.69) is 5.32 Å². The summed E-state index contributed by atoms with van der Waals surface area (Å²) in [6, 6.07) is 10.8. The smallest absolute Gasteiger partial charge is 0.343 e. The zero-order chi connectivity index (χ0) is 23.9. The molecule has 0 spiro atoms. The summed E-state index contributed by atoms with van der Waals surface area (Å²) < 4.78 is 5.75. The SMILES string of the molecule is CC(C)(C)OC(=O)C1(c2cc(CNC(=O)C(C)(C)C)c(Cl)cc2Cl)C=c2ccccc2=N1. The normalized spacial score (nSPS) is 17.8. The third-order valence-corrected chi connectivity index (χ3v) is 5.64. The summed E-state index contributed by atoms with van der Waals surface area (Å²) in [5, 5.41) is 5.06. The number of carbonyl (C=O) groups is 2. The van der Waals surface area contributed by atoms with Gasteiger partial charge in [-0.1, -0.05) is 62.2 Å². The maximum absolute atomic E-state index is 13.5. The fourth-order valence-corrected chi connectivity index (χ4v) is 3.92. The van der Waals surface area contributed by atoms with E-state index < -0.39 is 22.5 Å². The van der Waals surface area contributed by atoms with Gasteiger partial charge in [-0.25, -0.2) is 4.79 Å². The number of halogens is 2. The van der Waals surface area contributed by atoms with E-state index in [9.17, 15) is 9.59 Å². The predicted octanol–water partition coefficient (Wildman–Crippen LogP) is 4.31. The fourth-order valence-electron chi connectivity index (χ4n) is 3.33. The highest BCUT2D eigenvalue weighted by Crippen LogP contribution is 2.39. The van der Waals surface area contributed by atoms with E-state index in [1.54, 1.807) is 39.0 Å². The van der Waals surface area contributed by atoms with E-state index in [0.29, 0.717) is 26.5 Å². The van der Waals surface area contributed by atoms with Crippen molar-refractivity contribution in [1.82, 2.24) is 5.32 Å². The van der Waals surface area contributed by atoms with Crippen molar-refractivity contribution in [3.05, 3.63) is 68.1 Å². The fraction of sp³-hybridized carbons (Fsp3) is 0.400.